The van der Waals surface area contributed by atoms with Gasteiger partial charge >= 0.3 is 0 Å². The molecule has 0 saturated heterocycles. The van der Waals surface area contributed by atoms with Crippen molar-refractivity contribution in [3.63, 3.8) is 0 Å². The Bertz CT molecular complexity index is 628. The fraction of sp³-hybridized carbons (Fsp3) is 0.133. The molecule has 104 valence electrons. The molecule has 2 aromatic rings. The molecule has 0 aliphatic heterocycles. The number of hydrogen-bond acceptors (Lipinski definition) is 3. The Hall–Kier alpha value is -2.56. The summed E-state index contributed by atoms with van der Waals surface area (Å²) in [5.41, 5.74) is 13.5. The van der Waals surface area contributed by atoms with Gasteiger partial charge in [0.1, 0.15) is 5.82 Å². The molecule has 0 spiro atoms. The third kappa shape index (κ3) is 3.47. The van der Waals surface area contributed by atoms with Crippen LogP contribution in [0.2, 0.25) is 0 Å². The molecule has 0 bridgehead atoms. The van der Waals surface area contributed by atoms with Crippen LogP contribution in [0.3, 0.4) is 0 Å². The molecular weight excluding hydrogens is 257 g/mol. The normalized spacial score (nSPS) is 10.2. The number of nitrogen functional groups attached to an aromatic ring is 1. The molecule has 5 heteroatoms. The monoisotopic (exact) mass is 273 g/mol. The third-order valence-corrected chi connectivity index (χ3v) is 2.95. The highest BCUT2D eigenvalue weighted by molar-refractivity contribution is 5.94. The van der Waals surface area contributed by atoms with E-state index in [9.17, 15) is 9.18 Å². The fourth-order valence-corrected chi connectivity index (χ4v) is 1.91. The van der Waals surface area contributed by atoms with Crippen LogP contribution in [0.5, 0.6) is 0 Å². The number of carbonyl (C=O) groups is 1. The Kier molecular flexibility index (Phi) is 4.20. The number of hydrogen-bond donors (Lipinski definition) is 3. The number of nitrogens with two attached hydrogens (primary N) is 2. The van der Waals surface area contributed by atoms with Gasteiger partial charge in [-0.1, -0.05) is 12.1 Å². The number of carbonyl (C=O) groups excluding carboxylic acids is 1. The van der Waals surface area contributed by atoms with Crippen molar-refractivity contribution in [2.45, 2.75) is 6.42 Å². The first kappa shape index (κ1) is 13.9. The van der Waals surface area contributed by atoms with Gasteiger partial charge in [0.15, 0.2) is 0 Å². The number of amides is 1. The van der Waals surface area contributed by atoms with E-state index in [0.717, 1.165) is 11.3 Å². The summed E-state index contributed by atoms with van der Waals surface area (Å²) < 4.78 is 13.0. The summed E-state index contributed by atoms with van der Waals surface area (Å²) in [6.07, 6.45) is 0.675. The number of rotatable bonds is 5. The van der Waals surface area contributed by atoms with Gasteiger partial charge in [0, 0.05) is 12.1 Å². The largest absolute Gasteiger partial charge is 0.397 e. The first-order valence-corrected chi connectivity index (χ1v) is 6.24. The molecule has 0 radical (unpaired) electrons. The van der Waals surface area contributed by atoms with Crippen LogP contribution in [-0.2, 0) is 6.42 Å². The van der Waals surface area contributed by atoms with Gasteiger partial charge in [0.2, 0.25) is 5.91 Å². The van der Waals surface area contributed by atoms with Crippen LogP contribution in [0.25, 0.3) is 0 Å². The maximum atomic E-state index is 13.0. The molecule has 0 saturated carbocycles. The van der Waals surface area contributed by atoms with E-state index in [4.69, 9.17) is 11.5 Å². The Morgan fingerprint density at radius 2 is 2.00 bits per heavy atom. The van der Waals surface area contributed by atoms with Gasteiger partial charge in [-0.25, -0.2) is 4.39 Å². The van der Waals surface area contributed by atoms with Gasteiger partial charge in [-0.05, 0) is 42.3 Å². The van der Waals surface area contributed by atoms with Gasteiger partial charge < -0.3 is 16.8 Å². The Morgan fingerprint density at radius 3 is 2.65 bits per heavy atom. The first-order chi connectivity index (χ1) is 9.56. The van der Waals surface area contributed by atoms with E-state index in [0.29, 0.717) is 24.2 Å². The van der Waals surface area contributed by atoms with Crippen molar-refractivity contribution in [1.82, 2.24) is 0 Å². The van der Waals surface area contributed by atoms with Crippen molar-refractivity contribution in [1.29, 1.82) is 0 Å². The quantitative estimate of drug-likeness (QED) is 0.730. The van der Waals surface area contributed by atoms with E-state index in [1.807, 2.05) is 6.07 Å². The average molecular weight is 273 g/mol. The van der Waals surface area contributed by atoms with Gasteiger partial charge in [0.25, 0.3) is 0 Å². The molecule has 4 nitrogen and oxygen atoms in total. The van der Waals surface area contributed by atoms with E-state index < -0.39 is 5.91 Å². The van der Waals surface area contributed by atoms with E-state index in [-0.39, 0.29) is 5.82 Å². The lowest BCUT2D eigenvalue weighted by Crippen LogP contribution is -2.12. The molecule has 0 heterocycles. The number of benzene rings is 2. The Morgan fingerprint density at radius 1 is 1.20 bits per heavy atom. The van der Waals surface area contributed by atoms with Crippen molar-refractivity contribution in [3.8, 4) is 0 Å². The maximum absolute atomic E-state index is 13.0. The van der Waals surface area contributed by atoms with Gasteiger partial charge in [-0.15, -0.1) is 0 Å². The van der Waals surface area contributed by atoms with Crippen molar-refractivity contribution >= 4 is 17.3 Å². The minimum absolute atomic E-state index is 0.243. The predicted molar refractivity (Wildman–Crippen MR) is 78.0 cm³/mol. The van der Waals surface area contributed by atoms with E-state index >= 15 is 0 Å². The molecule has 2 aromatic carbocycles. The first-order valence-electron chi connectivity index (χ1n) is 6.24. The summed E-state index contributed by atoms with van der Waals surface area (Å²) in [4.78, 5) is 11.0. The molecule has 0 fully saturated rings. The fourth-order valence-electron chi connectivity index (χ4n) is 1.91. The lowest BCUT2D eigenvalue weighted by Gasteiger charge is -2.10. The minimum Gasteiger partial charge on any atom is -0.397 e. The summed E-state index contributed by atoms with van der Waals surface area (Å²) in [6, 6.07) is 11.3. The van der Waals surface area contributed by atoms with Crippen molar-refractivity contribution < 1.29 is 9.18 Å². The number of halogens is 1. The van der Waals surface area contributed by atoms with Crippen LogP contribution in [0.15, 0.2) is 42.5 Å². The summed E-state index contributed by atoms with van der Waals surface area (Å²) in [5.74, 6) is -0.754. The molecule has 1 amide bonds. The Balaban J connectivity index is 1.96. The SMILES string of the molecule is NC(=O)c1ccc(NCCc2cccc(F)c2)c(N)c1. The second-order valence-electron chi connectivity index (χ2n) is 4.47. The average Bonchev–Trinajstić information content (AvgIpc) is 2.40. The highest BCUT2D eigenvalue weighted by Crippen LogP contribution is 2.19. The molecular formula is C15H16FN3O. The van der Waals surface area contributed by atoms with Crippen LogP contribution < -0.4 is 16.8 Å². The molecule has 0 aliphatic rings. The zero-order valence-electron chi connectivity index (χ0n) is 10.9. The number of anilines is 2. The predicted octanol–water partition coefficient (Wildman–Crippen LogP) is 2.16. The summed E-state index contributed by atoms with van der Waals surface area (Å²) in [7, 11) is 0. The summed E-state index contributed by atoms with van der Waals surface area (Å²) in [5, 5.41) is 3.15. The van der Waals surface area contributed by atoms with Gasteiger partial charge in [-0.2, -0.15) is 0 Å². The molecule has 0 aromatic heterocycles. The molecule has 0 atom stereocenters. The second-order valence-corrected chi connectivity index (χ2v) is 4.47. The minimum atomic E-state index is -0.511. The molecule has 0 unspecified atom stereocenters. The van der Waals surface area contributed by atoms with Crippen LogP contribution in [-0.4, -0.2) is 12.5 Å². The molecule has 0 aliphatic carbocycles. The zero-order chi connectivity index (χ0) is 14.5. The van der Waals surface area contributed by atoms with Crippen molar-refractivity contribution in [2.24, 2.45) is 5.73 Å². The lowest BCUT2D eigenvalue weighted by atomic mass is 10.1. The van der Waals surface area contributed by atoms with Crippen LogP contribution >= 0.6 is 0 Å². The second kappa shape index (κ2) is 6.06. The highest BCUT2D eigenvalue weighted by atomic mass is 19.1. The molecule has 5 N–H and O–H groups in total. The molecule has 20 heavy (non-hydrogen) atoms. The van der Waals surface area contributed by atoms with E-state index in [2.05, 4.69) is 5.32 Å². The van der Waals surface area contributed by atoms with Crippen LogP contribution in [0.4, 0.5) is 15.8 Å². The lowest BCUT2D eigenvalue weighted by molar-refractivity contribution is 0.100. The number of nitrogens with one attached hydrogen (secondary N) is 1. The van der Waals surface area contributed by atoms with E-state index in [1.54, 1.807) is 18.2 Å². The third-order valence-electron chi connectivity index (χ3n) is 2.95. The Labute approximate surface area is 116 Å². The highest BCUT2D eigenvalue weighted by Gasteiger charge is 2.04. The van der Waals surface area contributed by atoms with Crippen LogP contribution in [0.1, 0.15) is 15.9 Å². The van der Waals surface area contributed by atoms with E-state index in [1.165, 1.54) is 18.2 Å². The van der Waals surface area contributed by atoms with Gasteiger partial charge in [0.05, 0.1) is 11.4 Å². The van der Waals surface area contributed by atoms with Crippen molar-refractivity contribution in [2.75, 3.05) is 17.6 Å². The maximum Gasteiger partial charge on any atom is 0.248 e. The summed E-state index contributed by atoms with van der Waals surface area (Å²) in [6.45, 7) is 0.615. The zero-order valence-corrected chi connectivity index (χ0v) is 10.9. The topological polar surface area (TPSA) is 81.1 Å². The van der Waals surface area contributed by atoms with Crippen molar-refractivity contribution in [3.05, 3.63) is 59.4 Å². The summed E-state index contributed by atoms with van der Waals surface area (Å²) >= 11 is 0. The standard InChI is InChI=1S/C15H16FN3O/c16-12-3-1-2-10(8-12)6-7-19-14-5-4-11(15(18)20)9-13(14)17/h1-5,8-9,19H,6-7,17H2,(H2,18,20). The number of primary amides is 1. The molecule has 2 rings (SSSR count). The smallest absolute Gasteiger partial charge is 0.248 e. The van der Waals surface area contributed by atoms with Gasteiger partial charge in [-0.3, -0.25) is 4.79 Å². The van der Waals surface area contributed by atoms with Crippen LogP contribution in [0, 0.1) is 5.82 Å².